The Balaban J connectivity index is 2.46. The van der Waals surface area contributed by atoms with Gasteiger partial charge in [0.2, 0.25) is 0 Å². The van der Waals surface area contributed by atoms with E-state index in [4.69, 9.17) is 4.55 Å². The highest BCUT2D eigenvalue weighted by Crippen LogP contribution is 2.13. The Bertz CT molecular complexity index is 449. The molecule has 16 heavy (non-hydrogen) atoms. The van der Waals surface area contributed by atoms with Gasteiger partial charge in [0, 0.05) is 0 Å². The molecule has 90 valence electrons. The summed E-state index contributed by atoms with van der Waals surface area (Å²) in [5.41, 5.74) is 3.71. The molecular formula is C12H18O3S. The molecular weight excluding hydrogens is 224 g/mol. The normalized spacial score (nSPS) is 11.7. The maximum Gasteiger partial charge on any atom is 0.264 e. The number of rotatable bonds is 5. The van der Waals surface area contributed by atoms with Crippen LogP contribution in [0.3, 0.4) is 0 Å². The van der Waals surface area contributed by atoms with Crippen LogP contribution in [0.15, 0.2) is 18.2 Å². The molecule has 0 radical (unpaired) electrons. The van der Waals surface area contributed by atoms with Crippen LogP contribution in [-0.4, -0.2) is 18.7 Å². The van der Waals surface area contributed by atoms with Crippen molar-refractivity contribution in [3.63, 3.8) is 0 Å². The van der Waals surface area contributed by atoms with Crippen molar-refractivity contribution in [3.05, 3.63) is 34.9 Å². The summed E-state index contributed by atoms with van der Waals surface area (Å²) in [6.45, 7) is 4.10. The minimum absolute atomic E-state index is 0.141. The number of hydrogen-bond donors (Lipinski definition) is 1. The molecule has 0 atom stereocenters. The minimum atomic E-state index is -3.80. The first kappa shape index (κ1) is 13.2. The zero-order valence-corrected chi connectivity index (χ0v) is 10.5. The van der Waals surface area contributed by atoms with Crippen LogP contribution < -0.4 is 0 Å². The van der Waals surface area contributed by atoms with E-state index in [2.05, 4.69) is 25.1 Å². The topological polar surface area (TPSA) is 54.4 Å². The van der Waals surface area contributed by atoms with Crippen LogP contribution in [0.25, 0.3) is 0 Å². The van der Waals surface area contributed by atoms with Crippen LogP contribution in [0.5, 0.6) is 0 Å². The standard InChI is InChI=1S/C12H18O3S/c1-10-6-7-11(2)12(9-10)5-3-4-8-16(13,14)15/h6-7,9H,3-5,8H2,1-2H3,(H,13,14,15). The van der Waals surface area contributed by atoms with E-state index in [9.17, 15) is 8.42 Å². The van der Waals surface area contributed by atoms with Gasteiger partial charge < -0.3 is 0 Å². The second-order valence-corrected chi connectivity index (χ2v) is 5.75. The predicted molar refractivity (Wildman–Crippen MR) is 65.3 cm³/mol. The molecule has 1 N–H and O–H groups in total. The summed E-state index contributed by atoms with van der Waals surface area (Å²) in [6, 6.07) is 6.27. The van der Waals surface area contributed by atoms with Gasteiger partial charge in [-0.2, -0.15) is 8.42 Å². The molecule has 0 aliphatic rings. The van der Waals surface area contributed by atoms with Crippen LogP contribution >= 0.6 is 0 Å². The highest BCUT2D eigenvalue weighted by molar-refractivity contribution is 7.85. The molecule has 1 aromatic rings. The maximum atomic E-state index is 10.5. The van der Waals surface area contributed by atoms with Gasteiger partial charge in [-0.05, 0) is 44.2 Å². The number of hydrogen-bond acceptors (Lipinski definition) is 2. The van der Waals surface area contributed by atoms with E-state index in [0.29, 0.717) is 6.42 Å². The van der Waals surface area contributed by atoms with Crippen LogP contribution in [-0.2, 0) is 16.5 Å². The minimum Gasteiger partial charge on any atom is -0.286 e. The average molecular weight is 242 g/mol. The number of benzene rings is 1. The van der Waals surface area contributed by atoms with E-state index in [1.54, 1.807) is 0 Å². The van der Waals surface area contributed by atoms with Crippen LogP contribution in [0.4, 0.5) is 0 Å². The molecule has 0 saturated carbocycles. The maximum absolute atomic E-state index is 10.5. The molecule has 0 amide bonds. The summed E-state index contributed by atoms with van der Waals surface area (Å²) in [6.07, 6.45) is 2.15. The average Bonchev–Trinajstić information content (AvgIpc) is 2.16. The lowest BCUT2D eigenvalue weighted by atomic mass is 10.0. The summed E-state index contributed by atoms with van der Waals surface area (Å²) in [5.74, 6) is -0.141. The number of unbranched alkanes of at least 4 members (excludes halogenated alkanes) is 1. The van der Waals surface area contributed by atoms with E-state index >= 15 is 0 Å². The fraction of sp³-hybridized carbons (Fsp3) is 0.500. The Morgan fingerprint density at radius 3 is 2.50 bits per heavy atom. The van der Waals surface area contributed by atoms with Gasteiger partial charge in [0.15, 0.2) is 0 Å². The first-order valence-electron chi connectivity index (χ1n) is 5.40. The second kappa shape index (κ2) is 5.46. The van der Waals surface area contributed by atoms with Crippen molar-refractivity contribution < 1.29 is 13.0 Å². The van der Waals surface area contributed by atoms with Crippen molar-refractivity contribution in [2.45, 2.75) is 33.1 Å². The van der Waals surface area contributed by atoms with E-state index in [1.165, 1.54) is 16.7 Å². The molecule has 1 aromatic carbocycles. The van der Waals surface area contributed by atoms with E-state index in [0.717, 1.165) is 12.8 Å². The summed E-state index contributed by atoms with van der Waals surface area (Å²) < 4.78 is 29.6. The zero-order chi connectivity index (χ0) is 12.2. The Kier molecular flexibility index (Phi) is 4.50. The molecule has 0 aliphatic heterocycles. The molecule has 0 spiro atoms. The summed E-state index contributed by atoms with van der Waals surface area (Å²) in [4.78, 5) is 0. The van der Waals surface area contributed by atoms with Gasteiger partial charge in [0.25, 0.3) is 10.1 Å². The molecule has 4 heteroatoms. The van der Waals surface area contributed by atoms with Crippen molar-refractivity contribution in [2.24, 2.45) is 0 Å². The van der Waals surface area contributed by atoms with Crippen LogP contribution in [0.1, 0.15) is 29.5 Å². The first-order chi connectivity index (χ1) is 7.38. The molecule has 3 nitrogen and oxygen atoms in total. The molecule has 0 heterocycles. The second-order valence-electron chi connectivity index (χ2n) is 4.17. The molecule has 1 rings (SSSR count). The van der Waals surface area contributed by atoms with Gasteiger partial charge in [-0.1, -0.05) is 23.8 Å². The van der Waals surface area contributed by atoms with Crippen LogP contribution in [0.2, 0.25) is 0 Å². The Morgan fingerprint density at radius 2 is 1.88 bits per heavy atom. The van der Waals surface area contributed by atoms with Gasteiger partial charge in [0.05, 0.1) is 5.75 Å². The number of aryl methyl sites for hydroxylation is 3. The Hall–Kier alpha value is -0.870. The molecule has 0 saturated heterocycles. The van der Waals surface area contributed by atoms with E-state index < -0.39 is 10.1 Å². The van der Waals surface area contributed by atoms with Crippen molar-refractivity contribution in [1.29, 1.82) is 0 Å². The Morgan fingerprint density at radius 1 is 1.19 bits per heavy atom. The third-order valence-electron chi connectivity index (χ3n) is 2.60. The lowest BCUT2D eigenvalue weighted by Crippen LogP contribution is -2.04. The third kappa shape index (κ3) is 4.77. The monoisotopic (exact) mass is 242 g/mol. The first-order valence-corrected chi connectivity index (χ1v) is 7.01. The SMILES string of the molecule is Cc1ccc(C)c(CCCCS(=O)(=O)O)c1. The highest BCUT2D eigenvalue weighted by Gasteiger charge is 2.04. The molecule has 0 aromatic heterocycles. The summed E-state index contributed by atoms with van der Waals surface area (Å²) in [5, 5.41) is 0. The molecule has 0 bridgehead atoms. The van der Waals surface area contributed by atoms with Gasteiger partial charge in [-0.15, -0.1) is 0 Å². The fourth-order valence-electron chi connectivity index (χ4n) is 1.67. The van der Waals surface area contributed by atoms with E-state index in [-0.39, 0.29) is 5.75 Å². The van der Waals surface area contributed by atoms with Crippen LogP contribution in [0, 0.1) is 13.8 Å². The smallest absolute Gasteiger partial charge is 0.264 e. The highest BCUT2D eigenvalue weighted by atomic mass is 32.2. The van der Waals surface area contributed by atoms with Crippen molar-refractivity contribution in [2.75, 3.05) is 5.75 Å². The summed E-state index contributed by atoms with van der Waals surface area (Å²) in [7, 11) is -3.80. The Labute approximate surface area is 97.2 Å². The lowest BCUT2D eigenvalue weighted by Gasteiger charge is -2.06. The van der Waals surface area contributed by atoms with Gasteiger partial charge in [-0.25, -0.2) is 0 Å². The largest absolute Gasteiger partial charge is 0.286 e. The van der Waals surface area contributed by atoms with Crippen molar-refractivity contribution in [1.82, 2.24) is 0 Å². The van der Waals surface area contributed by atoms with Gasteiger partial charge >= 0.3 is 0 Å². The van der Waals surface area contributed by atoms with Crippen molar-refractivity contribution >= 4 is 10.1 Å². The zero-order valence-electron chi connectivity index (χ0n) is 9.73. The van der Waals surface area contributed by atoms with Crippen molar-refractivity contribution in [3.8, 4) is 0 Å². The third-order valence-corrected chi connectivity index (χ3v) is 3.41. The van der Waals surface area contributed by atoms with Gasteiger partial charge in [0.1, 0.15) is 0 Å². The quantitative estimate of drug-likeness (QED) is 0.637. The lowest BCUT2D eigenvalue weighted by molar-refractivity contribution is 0.480. The van der Waals surface area contributed by atoms with Gasteiger partial charge in [-0.3, -0.25) is 4.55 Å². The molecule has 0 aliphatic carbocycles. The molecule has 0 fully saturated rings. The summed E-state index contributed by atoms with van der Waals surface area (Å²) >= 11 is 0. The predicted octanol–water partition coefficient (Wildman–Crippen LogP) is 2.51. The van der Waals surface area contributed by atoms with E-state index in [1.807, 2.05) is 6.92 Å². The molecule has 0 unspecified atom stereocenters. The fourth-order valence-corrected chi connectivity index (χ4v) is 2.24.